The zero-order valence-electron chi connectivity index (χ0n) is 9.65. The van der Waals surface area contributed by atoms with Crippen molar-refractivity contribution < 1.29 is 0 Å². The quantitative estimate of drug-likeness (QED) is 0.942. The predicted octanol–water partition coefficient (Wildman–Crippen LogP) is 2.97. The van der Waals surface area contributed by atoms with Gasteiger partial charge in [0.1, 0.15) is 5.02 Å². The number of nitrogens with one attached hydrogen (secondary N) is 1. The van der Waals surface area contributed by atoms with E-state index < -0.39 is 0 Å². The van der Waals surface area contributed by atoms with Crippen molar-refractivity contribution in [3.63, 3.8) is 0 Å². The molecule has 0 saturated carbocycles. The molecule has 0 bridgehead atoms. The molecule has 0 fully saturated rings. The molecule has 0 unspecified atom stereocenters. The Labute approximate surface area is 114 Å². The van der Waals surface area contributed by atoms with Crippen molar-refractivity contribution in [3.05, 3.63) is 50.9 Å². The Kier molecular flexibility index (Phi) is 3.89. The molecule has 0 amide bonds. The lowest BCUT2D eigenvalue weighted by Crippen LogP contribution is -2.22. The summed E-state index contributed by atoms with van der Waals surface area (Å²) < 4.78 is 1.24. The first-order chi connectivity index (χ1) is 8.63. The van der Waals surface area contributed by atoms with Crippen molar-refractivity contribution in [3.8, 4) is 5.69 Å². The Morgan fingerprint density at radius 3 is 2.56 bits per heavy atom. The van der Waals surface area contributed by atoms with Gasteiger partial charge >= 0.3 is 0 Å². The summed E-state index contributed by atoms with van der Waals surface area (Å²) >= 11 is 11.8. The first-order valence-electron chi connectivity index (χ1n) is 5.41. The molecule has 1 heterocycles. The molecular formula is C12H11Cl2N3O. The average molecular weight is 284 g/mol. The van der Waals surface area contributed by atoms with Gasteiger partial charge in [-0.2, -0.15) is 9.78 Å². The van der Waals surface area contributed by atoms with Crippen LogP contribution in [-0.4, -0.2) is 16.3 Å². The fraction of sp³-hybridized carbons (Fsp3) is 0.167. The summed E-state index contributed by atoms with van der Waals surface area (Å²) in [6, 6.07) is 6.80. The maximum absolute atomic E-state index is 12.0. The summed E-state index contributed by atoms with van der Waals surface area (Å²) in [6.45, 7) is 2.59. The third-order valence-corrected chi connectivity index (χ3v) is 2.97. The lowest BCUT2D eigenvalue weighted by atomic mass is 10.3. The third kappa shape index (κ3) is 2.49. The Balaban J connectivity index is 2.50. The second-order valence-corrected chi connectivity index (χ2v) is 4.41. The molecule has 0 aliphatic rings. The second kappa shape index (κ2) is 5.42. The Hall–Kier alpha value is -1.52. The van der Waals surface area contributed by atoms with Gasteiger partial charge in [0.05, 0.1) is 17.6 Å². The minimum Gasteiger partial charge on any atom is -0.383 e. The van der Waals surface area contributed by atoms with Crippen molar-refractivity contribution in [1.82, 2.24) is 9.78 Å². The van der Waals surface area contributed by atoms with Crippen LogP contribution < -0.4 is 10.9 Å². The minimum absolute atomic E-state index is 0.127. The molecule has 4 nitrogen and oxygen atoms in total. The molecule has 2 rings (SSSR count). The van der Waals surface area contributed by atoms with E-state index in [0.29, 0.717) is 22.9 Å². The van der Waals surface area contributed by atoms with Crippen molar-refractivity contribution in [2.75, 3.05) is 11.9 Å². The predicted molar refractivity (Wildman–Crippen MR) is 74.0 cm³/mol. The topological polar surface area (TPSA) is 46.9 Å². The lowest BCUT2D eigenvalue weighted by molar-refractivity contribution is 0.807. The highest BCUT2D eigenvalue weighted by molar-refractivity contribution is 6.33. The van der Waals surface area contributed by atoms with Crippen molar-refractivity contribution >= 4 is 28.9 Å². The molecule has 0 atom stereocenters. The third-order valence-electron chi connectivity index (χ3n) is 2.36. The van der Waals surface area contributed by atoms with Crippen LogP contribution in [0.2, 0.25) is 10.0 Å². The first-order valence-corrected chi connectivity index (χ1v) is 6.16. The van der Waals surface area contributed by atoms with Crippen LogP contribution in [0.1, 0.15) is 6.92 Å². The van der Waals surface area contributed by atoms with Gasteiger partial charge in [-0.05, 0) is 31.2 Å². The number of hydrogen-bond acceptors (Lipinski definition) is 3. The van der Waals surface area contributed by atoms with Gasteiger partial charge < -0.3 is 5.32 Å². The maximum atomic E-state index is 12.0. The first kappa shape index (κ1) is 12.9. The molecule has 94 valence electrons. The maximum Gasteiger partial charge on any atom is 0.292 e. The van der Waals surface area contributed by atoms with E-state index >= 15 is 0 Å². The van der Waals surface area contributed by atoms with Crippen LogP contribution in [0.25, 0.3) is 5.69 Å². The normalized spacial score (nSPS) is 10.4. The number of halogens is 2. The molecule has 6 heteroatoms. The van der Waals surface area contributed by atoms with Crippen LogP contribution in [-0.2, 0) is 0 Å². The van der Waals surface area contributed by atoms with Gasteiger partial charge in [0.2, 0.25) is 0 Å². The molecule has 0 aliphatic carbocycles. The fourth-order valence-electron chi connectivity index (χ4n) is 1.51. The zero-order chi connectivity index (χ0) is 13.1. The van der Waals surface area contributed by atoms with Gasteiger partial charge in [0, 0.05) is 11.6 Å². The van der Waals surface area contributed by atoms with E-state index in [1.165, 1.54) is 10.9 Å². The van der Waals surface area contributed by atoms with Crippen LogP contribution in [0.15, 0.2) is 35.3 Å². The fourth-order valence-corrected chi connectivity index (χ4v) is 1.83. The molecule has 0 saturated heterocycles. The highest BCUT2D eigenvalue weighted by atomic mass is 35.5. The van der Waals surface area contributed by atoms with E-state index in [0.717, 1.165) is 0 Å². The van der Waals surface area contributed by atoms with Crippen LogP contribution in [0.4, 0.5) is 5.69 Å². The number of aromatic nitrogens is 2. The van der Waals surface area contributed by atoms with Crippen molar-refractivity contribution in [2.24, 2.45) is 0 Å². The molecule has 0 spiro atoms. The van der Waals surface area contributed by atoms with Gasteiger partial charge in [-0.1, -0.05) is 23.2 Å². The Morgan fingerprint density at radius 1 is 1.28 bits per heavy atom. The van der Waals surface area contributed by atoms with Crippen molar-refractivity contribution in [2.45, 2.75) is 6.92 Å². The zero-order valence-corrected chi connectivity index (χ0v) is 11.2. The Bertz CT molecular complexity index is 608. The number of anilines is 1. The summed E-state index contributed by atoms with van der Waals surface area (Å²) in [5.41, 5.74) is 0.793. The molecule has 1 N–H and O–H groups in total. The SMILES string of the molecule is CCNc1cnn(-c2ccc(Cl)cc2)c(=O)c1Cl. The highest BCUT2D eigenvalue weighted by Crippen LogP contribution is 2.17. The number of benzene rings is 1. The summed E-state index contributed by atoms with van der Waals surface area (Å²) in [4.78, 5) is 12.0. The summed E-state index contributed by atoms with van der Waals surface area (Å²) in [6.07, 6.45) is 1.53. The van der Waals surface area contributed by atoms with Crippen molar-refractivity contribution in [1.29, 1.82) is 0 Å². The van der Waals surface area contributed by atoms with Gasteiger partial charge in [-0.3, -0.25) is 4.79 Å². The molecule has 0 radical (unpaired) electrons. The van der Waals surface area contributed by atoms with E-state index in [4.69, 9.17) is 23.2 Å². The molecule has 2 aromatic rings. The van der Waals surface area contributed by atoms with Crippen LogP contribution in [0.3, 0.4) is 0 Å². The minimum atomic E-state index is -0.363. The van der Waals surface area contributed by atoms with Crippen LogP contribution in [0.5, 0.6) is 0 Å². The van der Waals surface area contributed by atoms with Gasteiger partial charge in [-0.15, -0.1) is 0 Å². The van der Waals surface area contributed by atoms with Gasteiger partial charge in [0.25, 0.3) is 5.56 Å². The van der Waals surface area contributed by atoms with E-state index in [-0.39, 0.29) is 10.6 Å². The smallest absolute Gasteiger partial charge is 0.292 e. The van der Waals surface area contributed by atoms with Gasteiger partial charge in [-0.25, -0.2) is 0 Å². The number of nitrogens with zero attached hydrogens (tertiary/aromatic N) is 2. The standard InChI is InChI=1S/C12H11Cl2N3O/c1-2-15-10-7-16-17(12(18)11(10)14)9-5-3-8(13)4-6-9/h3-7,15H,2H2,1H3. The molecule has 18 heavy (non-hydrogen) atoms. The molecular weight excluding hydrogens is 273 g/mol. The highest BCUT2D eigenvalue weighted by Gasteiger charge is 2.09. The summed E-state index contributed by atoms with van der Waals surface area (Å²) in [5, 5.41) is 7.77. The monoisotopic (exact) mass is 283 g/mol. The van der Waals surface area contributed by atoms with Crippen LogP contribution >= 0.6 is 23.2 Å². The molecule has 1 aromatic carbocycles. The molecule has 1 aromatic heterocycles. The van der Waals surface area contributed by atoms with E-state index in [1.54, 1.807) is 24.3 Å². The molecule has 0 aliphatic heterocycles. The second-order valence-electron chi connectivity index (χ2n) is 3.60. The van der Waals surface area contributed by atoms with Gasteiger partial charge in [0.15, 0.2) is 0 Å². The largest absolute Gasteiger partial charge is 0.383 e. The van der Waals surface area contributed by atoms with E-state index in [9.17, 15) is 4.79 Å². The average Bonchev–Trinajstić information content (AvgIpc) is 2.37. The van der Waals surface area contributed by atoms with E-state index in [1.807, 2.05) is 6.92 Å². The van der Waals surface area contributed by atoms with E-state index in [2.05, 4.69) is 10.4 Å². The van der Waals surface area contributed by atoms with Crippen LogP contribution in [0, 0.1) is 0 Å². The lowest BCUT2D eigenvalue weighted by Gasteiger charge is -2.08. The summed E-state index contributed by atoms with van der Waals surface area (Å²) in [7, 11) is 0. The number of rotatable bonds is 3. The summed E-state index contributed by atoms with van der Waals surface area (Å²) in [5.74, 6) is 0. The Morgan fingerprint density at radius 2 is 1.94 bits per heavy atom. The number of hydrogen-bond donors (Lipinski definition) is 1.